The highest BCUT2D eigenvalue weighted by Crippen LogP contribution is 2.37. The first-order valence-electron chi connectivity index (χ1n) is 8.98. The quantitative estimate of drug-likeness (QED) is 0.668. The number of unbranched alkanes of at least 4 members (excludes halogenated alkanes) is 1. The number of carbonyl (C=O) groups is 2. The van der Waals surface area contributed by atoms with Crippen molar-refractivity contribution in [1.29, 1.82) is 0 Å². The molecule has 0 fully saturated rings. The lowest BCUT2D eigenvalue weighted by atomic mass is 10.0. The zero-order valence-corrected chi connectivity index (χ0v) is 16.8. The molecule has 3 rings (SSSR count). The minimum Gasteiger partial charge on any atom is -0.365 e. The van der Waals surface area contributed by atoms with Crippen LogP contribution in [0.5, 0.6) is 0 Å². The van der Waals surface area contributed by atoms with E-state index in [1.165, 1.54) is 11.3 Å². The number of benzene rings is 1. The van der Waals surface area contributed by atoms with Crippen LogP contribution in [0.1, 0.15) is 40.6 Å². The molecular formula is C19H23ClN4O2S. The maximum Gasteiger partial charge on any atom is 0.324 e. The Balaban J connectivity index is 1.75. The molecule has 8 heteroatoms. The Morgan fingerprint density at radius 3 is 2.67 bits per heavy atom. The Labute approximate surface area is 167 Å². The summed E-state index contributed by atoms with van der Waals surface area (Å²) < 4.78 is 0. The van der Waals surface area contributed by atoms with Crippen LogP contribution in [0.2, 0.25) is 5.02 Å². The van der Waals surface area contributed by atoms with Gasteiger partial charge in [0.05, 0.1) is 5.56 Å². The number of hydrogen-bond acceptors (Lipinski definition) is 4. The van der Waals surface area contributed by atoms with E-state index in [1.807, 2.05) is 0 Å². The molecule has 4 N–H and O–H groups in total. The molecule has 0 unspecified atom stereocenters. The monoisotopic (exact) mass is 406 g/mol. The van der Waals surface area contributed by atoms with Crippen LogP contribution in [0.25, 0.3) is 0 Å². The van der Waals surface area contributed by atoms with Crippen LogP contribution in [0.15, 0.2) is 24.3 Å². The number of fused-ring (bicyclic) bond motifs is 1. The molecule has 0 atom stereocenters. The van der Waals surface area contributed by atoms with Gasteiger partial charge in [0.15, 0.2) is 0 Å². The number of carbonyl (C=O) groups excluding carboxylic acids is 2. The van der Waals surface area contributed by atoms with Gasteiger partial charge in [-0.1, -0.05) is 24.9 Å². The molecule has 27 heavy (non-hydrogen) atoms. The van der Waals surface area contributed by atoms with Gasteiger partial charge in [-0.2, -0.15) is 0 Å². The highest BCUT2D eigenvalue weighted by molar-refractivity contribution is 7.17. The van der Waals surface area contributed by atoms with Gasteiger partial charge in [-0.3, -0.25) is 15.0 Å². The van der Waals surface area contributed by atoms with Gasteiger partial charge in [0, 0.05) is 28.7 Å². The third kappa shape index (κ3) is 4.80. The molecule has 1 aliphatic heterocycles. The number of urea groups is 1. The Kier molecular flexibility index (Phi) is 6.36. The molecule has 144 valence electrons. The zero-order valence-electron chi connectivity index (χ0n) is 15.2. The van der Waals surface area contributed by atoms with E-state index in [2.05, 4.69) is 22.5 Å². The van der Waals surface area contributed by atoms with Gasteiger partial charge in [-0.05, 0) is 49.2 Å². The summed E-state index contributed by atoms with van der Waals surface area (Å²) in [7, 11) is 0. The normalized spacial score (nSPS) is 13.9. The fourth-order valence-corrected chi connectivity index (χ4v) is 4.59. The number of halogens is 1. The summed E-state index contributed by atoms with van der Waals surface area (Å²) in [6, 6.07) is 6.40. The van der Waals surface area contributed by atoms with E-state index in [-0.39, 0.29) is 0 Å². The lowest BCUT2D eigenvalue weighted by Crippen LogP contribution is -2.31. The number of primary amides is 1. The van der Waals surface area contributed by atoms with E-state index >= 15 is 0 Å². The van der Waals surface area contributed by atoms with Gasteiger partial charge in [-0.25, -0.2) is 4.79 Å². The summed E-state index contributed by atoms with van der Waals surface area (Å²) >= 11 is 7.29. The van der Waals surface area contributed by atoms with Crippen molar-refractivity contribution >= 4 is 45.6 Å². The Hall–Kier alpha value is -2.09. The first kappa shape index (κ1) is 19.7. The van der Waals surface area contributed by atoms with Crippen LogP contribution in [-0.4, -0.2) is 29.9 Å². The molecule has 2 aromatic rings. The molecule has 0 saturated carbocycles. The number of amides is 3. The second kappa shape index (κ2) is 8.73. The summed E-state index contributed by atoms with van der Waals surface area (Å²) in [5.74, 6) is -0.503. The summed E-state index contributed by atoms with van der Waals surface area (Å²) in [4.78, 5) is 27.8. The summed E-state index contributed by atoms with van der Waals surface area (Å²) in [5.41, 5.74) is 7.64. The Bertz CT molecular complexity index is 835. The van der Waals surface area contributed by atoms with Crippen LogP contribution in [0, 0.1) is 0 Å². The zero-order chi connectivity index (χ0) is 19.4. The van der Waals surface area contributed by atoms with Gasteiger partial charge in [0.25, 0.3) is 5.91 Å². The highest BCUT2D eigenvalue weighted by atomic mass is 35.5. The van der Waals surface area contributed by atoms with Crippen LogP contribution < -0.4 is 16.4 Å². The molecule has 0 aliphatic carbocycles. The predicted molar refractivity (Wildman–Crippen MR) is 111 cm³/mol. The van der Waals surface area contributed by atoms with Gasteiger partial charge < -0.3 is 11.1 Å². The summed E-state index contributed by atoms with van der Waals surface area (Å²) in [5, 5.41) is 6.63. The molecule has 3 amide bonds. The molecule has 1 aliphatic rings. The Morgan fingerprint density at radius 1 is 1.26 bits per heavy atom. The minimum absolute atomic E-state index is 0.416. The van der Waals surface area contributed by atoms with Crippen molar-refractivity contribution in [2.24, 2.45) is 5.73 Å². The molecule has 1 aromatic heterocycles. The van der Waals surface area contributed by atoms with Gasteiger partial charge in [0.2, 0.25) is 0 Å². The van der Waals surface area contributed by atoms with Crippen LogP contribution in [0.3, 0.4) is 0 Å². The largest absolute Gasteiger partial charge is 0.365 e. The number of nitrogens with two attached hydrogens (primary N) is 1. The summed E-state index contributed by atoms with van der Waals surface area (Å²) in [6.45, 7) is 4.91. The smallest absolute Gasteiger partial charge is 0.324 e. The van der Waals surface area contributed by atoms with Crippen molar-refractivity contribution in [3.05, 3.63) is 45.3 Å². The van der Waals surface area contributed by atoms with E-state index in [1.54, 1.807) is 24.3 Å². The highest BCUT2D eigenvalue weighted by Gasteiger charge is 2.27. The SMILES string of the molecule is CCCCN1CCc2c(sc(NC(=O)Nc3ccc(Cl)cc3)c2C(N)=O)C1. The number of anilines is 2. The van der Waals surface area contributed by atoms with E-state index in [0.29, 0.717) is 21.3 Å². The van der Waals surface area contributed by atoms with Gasteiger partial charge >= 0.3 is 6.03 Å². The average molecular weight is 407 g/mol. The molecule has 0 bridgehead atoms. The Morgan fingerprint density at radius 2 is 2.00 bits per heavy atom. The topological polar surface area (TPSA) is 87.5 Å². The van der Waals surface area contributed by atoms with Crippen molar-refractivity contribution in [1.82, 2.24) is 4.90 Å². The maximum absolute atomic E-state index is 12.3. The third-order valence-electron chi connectivity index (χ3n) is 4.54. The third-order valence-corrected chi connectivity index (χ3v) is 5.92. The van der Waals surface area contributed by atoms with Crippen molar-refractivity contribution in [2.75, 3.05) is 23.7 Å². The van der Waals surface area contributed by atoms with Crippen molar-refractivity contribution in [2.45, 2.75) is 32.7 Å². The first-order valence-corrected chi connectivity index (χ1v) is 10.2. The van der Waals surface area contributed by atoms with E-state index < -0.39 is 11.9 Å². The number of rotatable bonds is 6. The van der Waals surface area contributed by atoms with E-state index in [9.17, 15) is 9.59 Å². The number of nitrogens with zero attached hydrogens (tertiary/aromatic N) is 1. The lowest BCUT2D eigenvalue weighted by molar-refractivity contribution is 0.1000. The van der Waals surface area contributed by atoms with Crippen molar-refractivity contribution < 1.29 is 9.59 Å². The standard InChI is InChI=1S/C19H23ClN4O2S/c1-2-3-9-24-10-8-14-15(11-24)27-18(16(14)17(21)25)23-19(26)22-13-6-4-12(20)5-7-13/h4-7H,2-3,8-11H2,1H3,(H2,21,25)(H2,22,23,26). The van der Waals surface area contributed by atoms with Gasteiger partial charge in [-0.15, -0.1) is 11.3 Å². The lowest BCUT2D eigenvalue weighted by Gasteiger charge is -2.26. The van der Waals surface area contributed by atoms with Gasteiger partial charge in [0.1, 0.15) is 5.00 Å². The van der Waals surface area contributed by atoms with E-state index in [0.717, 1.165) is 49.3 Å². The summed E-state index contributed by atoms with van der Waals surface area (Å²) in [6.07, 6.45) is 3.07. The average Bonchev–Trinajstić information content (AvgIpc) is 2.98. The fourth-order valence-electron chi connectivity index (χ4n) is 3.18. The predicted octanol–water partition coefficient (Wildman–Crippen LogP) is 4.30. The second-order valence-electron chi connectivity index (χ2n) is 6.54. The fraction of sp³-hybridized carbons (Fsp3) is 0.368. The minimum atomic E-state index is -0.503. The van der Waals surface area contributed by atoms with Crippen LogP contribution in [0.4, 0.5) is 15.5 Å². The molecule has 2 heterocycles. The molecule has 0 radical (unpaired) electrons. The molecule has 0 spiro atoms. The molecule has 6 nitrogen and oxygen atoms in total. The number of nitrogens with one attached hydrogen (secondary N) is 2. The second-order valence-corrected chi connectivity index (χ2v) is 8.08. The van der Waals surface area contributed by atoms with E-state index in [4.69, 9.17) is 17.3 Å². The maximum atomic E-state index is 12.3. The molecule has 1 aromatic carbocycles. The van der Waals surface area contributed by atoms with Crippen molar-refractivity contribution in [3.8, 4) is 0 Å². The molecule has 0 saturated heterocycles. The number of thiophene rings is 1. The van der Waals surface area contributed by atoms with Crippen molar-refractivity contribution in [3.63, 3.8) is 0 Å². The van der Waals surface area contributed by atoms with Crippen LogP contribution >= 0.6 is 22.9 Å². The first-order chi connectivity index (χ1) is 13.0. The van der Waals surface area contributed by atoms with Crippen LogP contribution in [-0.2, 0) is 13.0 Å². The number of hydrogen-bond donors (Lipinski definition) is 3. The molecular weight excluding hydrogens is 384 g/mol.